The minimum absolute atomic E-state index is 0.120. The predicted octanol–water partition coefficient (Wildman–Crippen LogP) is 26.9. The standard InChI is InChI=1S/C107H97BN6/c1-103(2,3)78-48-54-92-86(63-78)87-64-79(104(4,5)6)49-55-93(87)112(92)83-50-52-90-95(67-83)114(99-85(71-40-28-19-29-41-71)65-82(107(13,14)15)66-88(99)102-110-100(72-42-30-20-31-43-72)109-101(111-102)73-44-32-21-33-45-73)97-61-77(76-56-80(105(7,8)9)62-81(57-76)106(10,11)12)60-96-98(97)108(90)89-51-46-75(69-36-24-17-25-37-69)59-94(89)113(96)91-53-47-74(68-34-22-16-23-35-68)58-84(91)70-38-26-18-27-39-70/h16-67H,1-15H3/i17D,24D,25D,36D,37D. The number of hydrogen-bond acceptors (Lipinski definition) is 5. The van der Waals surface area contributed by atoms with Crippen LogP contribution >= 0.6 is 0 Å². The molecule has 14 aromatic carbocycles. The third-order valence-electron chi connectivity index (χ3n) is 23.3. The molecule has 0 unspecified atom stereocenters. The number of nitrogens with zero attached hydrogens (tertiary/aromatic N) is 6. The van der Waals surface area contributed by atoms with Gasteiger partial charge in [0, 0.05) is 67.0 Å². The van der Waals surface area contributed by atoms with Crippen LogP contribution in [0.1, 0.15) is 139 Å². The van der Waals surface area contributed by atoms with Crippen molar-refractivity contribution in [3.05, 3.63) is 343 Å². The summed E-state index contributed by atoms with van der Waals surface area (Å²) >= 11 is 0. The number of anilines is 6. The summed E-state index contributed by atoms with van der Waals surface area (Å²) < 4.78 is 49.2. The van der Waals surface area contributed by atoms with E-state index in [9.17, 15) is 5.48 Å². The molecule has 2 aliphatic heterocycles. The van der Waals surface area contributed by atoms with Gasteiger partial charge in [-0.25, -0.2) is 15.0 Å². The topological polar surface area (TPSA) is 50.1 Å². The molecule has 0 saturated carbocycles. The fraction of sp³-hybridized carbons (Fsp3) is 0.187. The maximum absolute atomic E-state index is 9.72. The van der Waals surface area contributed by atoms with Crippen LogP contribution in [0.15, 0.2) is 315 Å². The molecule has 4 heterocycles. The van der Waals surface area contributed by atoms with Gasteiger partial charge in [-0.15, -0.1) is 0 Å². The van der Waals surface area contributed by atoms with Gasteiger partial charge in [0.2, 0.25) is 0 Å². The molecule has 0 bridgehead atoms. The normalized spacial score (nSPS) is 13.6. The van der Waals surface area contributed by atoms with Crippen molar-refractivity contribution in [3.63, 3.8) is 0 Å². The van der Waals surface area contributed by atoms with Crippen molar-refractivity contribution in [1.29, 1.82) is 0 Å². The van der Waals surface area contributed by atoms with Crippen LogP contribution in [0.4, 0.5) is 34.1 Å². The Bertz CT molecular complexity index is 6560. The van der Waals surface area contributed by atoms with Crippen molar-refractivity contribution < 1.29 is 6.85 Å². The molecule has 0 aliphatic carbocycles. The molecule has 6 nitrogen and oxygen atoms in total. The Labute approximate surface area is 680 Å². The van der Waals surface area contributed by atoms with Gasteiger partial charge in [-0.1, -0.05) is 340 Å². The molecular weight excluding hydrogens is 1380 g/mol. The van der Waals surface area contributed by atoms with Gasteiger partial charge in [-0.3, -0.25) is 0 Å². The van der Waals surface area contributed by atoms with E-state index < -0.39 is 30.3 Å². The summed E-state index contributed by atoms with van der Waals surface area (Å²) in [4.78, 5) is 22.0. The zero-order valence-electron chi connectivity index (χ0n) is 72.9. The third-order valence-corrected chi connectivity index (χ3v) is 23.3. The minimum atomic E-state index is -0.518. The number of hydrogen-bond donors (Lipinski definition) is 0. The van der Waals surface area contributed by atoms with Crippen LogP contribution < -0.4 is 26.2 Å². The van der Waals surface area contributed by atoms with Crippen LogP contribution in [0.2, 0.25) is 0 Å². The summed E-state index contributed by atoms with van der Waals surface area (Å²) in [5.74, 6) is 1.57. The van der Waals surface area contributed by atoms with Crippen molar-refractivity contribution >= 4 is 79.0 Å². The molecule has 0 saturated heterocycles. The third kappa shape index (κ3) is 13.2. The van der Waals surface area contributed by atoms with Crippen molar-refractivity contribution in [2.75, 3.05) is 9.80 Å². The largest absolute Gasteiger partial charge is 0.311 e. The Balaban J connectivity index is 1.06. The smallest absolute Gasteiger partial charge is 0.252 e. The number of aromatic nitrogens is 4. The zero-order valence-corrected chi connectivity index (χ0v) is 67.9. The molecule has 558 valence electrons. The van der Waals surface area contributed by atoms with E-state index in [2.05, 4.69) is 361 Å². The molecule has 18 rings (SSSR count). The lowest BCUT2D eigenvalue weighted by Gasteiger charge is -2.46. The summed E-state index contributed by atoms with van der Waals surface area (Å²) in [6.45, 7) is 33.9. The molecule has 16 aromatic rings. The fourth-order valence-corrected chi connectivity index (χ4v) is 16.9. The molecule has 7 heteroatoms. The molecular formula is C107H97BN6. The maximum Gasteiger partial charge on any atom is 0.252 e. The van der Waals surface area contributed by atoms with E-state index >= 15 is 0 Å². The van der Waals surface area contributed by atoms with Gasteiger partial charge >= 0.3 is 0 Å². The Morgan fingerprint density at radius 2 is 0.684 bits per heavy atom. The summed E-state index contributed by atoms with van der Waals surface area (Å²) in [6.07, 6.45) is 0. The molecule has 114 heavy (non-hydrogen) atoms. The molecule has 0 fully saturated rings. The monoisotopic (exact) mass is 1480 g/mol. The van der Waals surface area contributed by atoms with E-state index in [1.54, 1.807) is 0 Å². The molecule has 0 amide bonds. The van der Waals surface area contributed by atoms with E-state index in [0.29, 0.717) is 23.0 Å². The summed E-state index contributed by atoms with van der Waals surface area (Å²) in [5, 5.41) is 2.35. The van der Waals surface area contributed by atoms with Crippen molar-refractivity contribution in [1.82, 2.24) is 19.5 Å². The number of benzene rings is 14. The van der Waals surface area contributed by atoms with Gasteiger partial charge in [0.1, 0.15) is 0 Å². The van der Waals surface area contributed by atoms with Crippen LogP contribution in [0.3, 0.4) is 0 Å². The Morgan fingerprint density at radius 1 is 0.272 bits per heavy atom. The lowest BCUT2D eigenvalue weighted by molar-refractivity contribution is 0.569. The highest BCUT2D eigenvalue weighted by atomic mass is 15.2. The van der Waals surface area contributed by atoms with Crippen LogP contribution in [0.5, 0.6) is 0 Å². The molecule has 0 N–H and O–H groups in total. The van der Waals surface area contributed by atoms with E-state index in [4.69, 9.17) is 16.3 Å². The quantitative estimate of drug-likeness (QED) is 0.121. The van der Waals surface area contributed by atoms with E-state index in [1.807, 2.05) is 42.5 Å². The first kappa shape index (κ1) is 67.3. The lowest BCUT2D eigenvalue weighted by Crippen LogP contribution is -2.61. The average Bonchev–Trinajstić information content (AvgIpc) is 0.715. The first-order valence-electron chi connectivity index (χ1n) is 42.5. The second-order valence-electron chi connectivity index (χ2n) is 36.2. The van der Waals surface area contributed by atoms with E-state index in [-0.39, 0.29) is 39.3 Å². The minimum Gasteiger partial charge on any atom is -0.311 e. The first-order valence-corrected chi connectivity index (χ1v) is 40.0. The predicted molar refractivity (Wildman–Crippen MR) is 485 cm³/mol. The van der Waals surface area contributed by atoms with Crippen molar-refractivity contribution in [2.45, 2.75) is 131 Å². The van der Waals surface area contributed by atoms with Crippen molar-refractivity contribution in [2.24, 2.45) is 0 Å². The Kier molecular flexibility index (Phi) is 16.4. The summed E-state index contributed by atoms with van der Waals surface area (Å²) in [5.41, 5.74) is 27.3. The second-order valence-corrected chi connectivity index (χ2v) is 36.2. The van der Waals surface area contributed by atoms with E-state index in [0.717, 1.165) is 134 Å². The van der Waals surface area contributed by atoms with Crippen LogP contribution in [-0.2, 0) is 27.1 Å². The average molecular weight is 1480 g/mol. The van der Waals surface area contributed by atoms with Gasteiger partial charge in [-0.2, -0.15) is 0 Å². The molecule has 2 aromatic heterocycles. The van der Waals surface area contributed by atoms with Gasteiger partial charge in [0.15, 0.2) is 17.5 Å². The lowest BCUT2D eigenvalue weighted by atomic mass is 9.33. The van der Waals surface area contributed by atoms with Gasteiger partial charge in [-0.05, 0) is 195 Å². The molecule has 2 aliphatic rings. The number of fused-ring (bicyclic) bond motifs is 7. The molecule has 0 radical (unpaired) electrons. The van der Waals surface area contributed by atoms with Gasteiger partial charge in [0.05, 0.1) is 29.3 Å². The maximum atomic E-state index is 9.72. The molecule has 0 spiro atoms. The zero-order chi connectivity index (χ0) is 83.3. The number of rotatable bonds is 11. The second kappa shape index (κ2) is 27.7. The van der Waals surface area contributed by atoms with Crippen LogP contribution in [0, 0.1) is 0 Å². The van der Waals surface area contributed by atoms with Crippen LogP contribution in [-0.4, -0.2) is 26.2 Å². The van der Waals surface area contributed by atoms with E-state index in [1.165, 1.54) is 33.0 Å². The SMILES string of the molecule is [2H]c1c([2H])c([2H])c(-c2ccc3c(c2)N(c2ccc(-c4ccccc4)cc2-c2ccccc2)c2cc(-c4cc(C(C)(C)C)cc(C(C)(C)C)c4)cc4c2B3c2ccc(-n3c5ccc(C(C)(C)C)cc5c5cc(C(C)(C)C)ccc53)cc2N4c2c(-c3ccccc3)cc(C(C)(C)C)cc2-c2nc(-c3ccccc3)nc(-c3ccccc3)n2)c([2H])c1[2H]. The Hall–Kier alpha value is -12.4. The summed E-state index contributed by atoms with van der Waals surface area (Å²) in [7, 11) is 0. The first-order chi connectivity index (χ1) is 56.7. The van der Waals surface area contributed by atoms with Crippen LogP contribution in [0.25, 0.3) is 117 Å². The fourth-order valence-electron chi connectivity index (χ4n) is 16.9. The highest BCUT2D eigenvalue weighted by molar-refractivity contribution is 7.00. The highest BCUT2D eigenvalue weighted by Crippen LogP contribution is 2.55. The van der Waals surface area contributed by atoms with Gasteiger partial charge in [0.25, 0.3) is 6.71 Å². The molecule has 0 atom stereocenters. The summed E-state index contributed by atoms with van der Waals surface area (Å²) in [6, 6.07) is 102. The van der Waals surface area contributed by atoms with Crippen molar-refractivity contribution in [3.8, 4) is 95.5 Å². The Morgan fingerprint density at radius 3 is 1.20 bits per heavy atom. The van der Waals surface area contributed by atoms with Gasteiger partial charge < -0.3 is 14.4 Å². The highest BCUT2D eigenvalue weighted by Gasteiger charge is 2.46.